The van der Waals surface area contributed by atoms with Crippen LogP contribution < -0.4 is 63.7 Å². The Morgan fingerprint density at radius 3 is 0.378 bits per heavy atom. The Morgan fingerprint density at radius 2 is 0.269 bits per heavy atom. The maximum atomic E-state index is 9.87. The second-order valence-corrected chi connectivity index (χ2v) is 42.8. The van der Waals surface area contributed by atoms with Crippen LogP contribution in [0.15, 0.2) is 473 Å². The summed E-state index contributed by atoms with van der Waals surface area (Å²) in [7, 11) is -13.1. The van der Waals surface area contributed by atoms with Crippen molar-refractivity contribution in [3.63, 3.8) is 0 Å². The Morgan fingerprint density at radius 1 is 0.168 bits per heavy atom. The van der Waals surface area contributed by atoms with Crippen molar-refractivity contribution in [3.05, 3.63) is 497 Å². The molecule has 0 fully saturated rings. The molecule has 0 amide bonds. The van der Waals surface area contributed by atoms with Crippen LogP contribution in [0.1, 0.15) is 11.1 Å². The molecular formula is C103H84Cu3F6P7. The van der Waals surface area contributed by atoms with Crippen LogP contribution in [0, 0.1) is 24.7 Å². The second kappa shape index (κ2) is 48.9. The van der Waals surface area contributed by atoms with Gasteiger partial charge in [0.1, 0.15) is 0 Å². The molecule has 16 aromatic rings. The minimum Gasteiger partial charge on any atom is -0.366 e. The van der Waals surface area contributed by atoms with Gasteiger partial charge in [-0.25, -0.2) is 0 Å². The van der Waals surface area contributed by atoms with Crippen LogP contribution in [0.3, 0.4) is 0 Å². The van der Waals surface area contributed by atoms with Gasteiger partial charge in [-0.15, -0.1) is 35.4 Å². The maximum Gasteiger partial charge on any atom is 1.00 e. The van der Waals surface area contributed by atoms with Crippen LogP contribution in [0.4, 0.5) is 25.2 Å². The smallest absolute Gasteiger partial charge is 0.366 e. The molecule has 16 heteroatoms. The Labute approximate surface area is 738 Å². The molecule has 16 rings (SSSR count). The molecule has 119 heavy (non-hydrogen) atoms. The van der Waals surface area contributed by atoms with Gasteiger partial charge < -0.3 is 12.8 Å². The van der Waals surface area contributed by atoms with E-state index in [9.17, 15) is 25.2 Å². The molecule has 0 spiro atoms. The molecule has 0 saturated heterocycles. The van der Waals surface area contributed by atoms with Gasteiger partial charge in [0.05, 0.1) is 0 Å². The Kier molecular flexibility index (Phi) is 39.1. The fourth-order valence-electron chi connectivity index (χ4n) is 12.3. The van der Waals surface area contributed by atoms with Crippen LogP contribution in [0.5, 0.6) is 0 Å². The van der Waals surface area contributed by atoms with Gasteiger partial charge in [0.15, 0.2) is 0 Å². The molecule has 0 saturated carbocycles. The SMILES string of the molecule is F[P-](F)(F)(F)(F)F.[C-]#Cc1ccc(-c2ccccc2)cc1.[C-]#Cc1ccc(-c2ccccc2)cc1.[Cu+].[Cu+].[Cu+].c1ccc(P(CP(c2ccccc2)c2ccccc2)c2ccccc2)cc1.c1ccc(P(CP(c2ccccc2)c2ccccc2)c2ccccc2)cc1.c1ccc(P(CP(c2ccccc2)c2ccccc2)c2ccccc2)cc1. The first kappa shape index (κ1) is 95.3. The summed E-state index contributed by atoms with van der Waals surface area (Å²) in [6.45, 7) is 0. The van der Waals surface area contributed by atoms with Crippen molar-refractivity contribution in [1.82, 2.24) is 0 Å². The second-order valence-electron chi connectivity index (χ2n) is 26.1. The number of halogens is 6. The molecule has 0 heterocycles. The predicted molar refractivity (Wildman–Crippen MR) is 499 cm³/mol. The Bertz CT molecular complexity index is 4580. The van der Waals surface area contributed by atoms with E-state index in [2.05, 4.69) is 400 Å². The van der Waals surface area contributed by atoms with Crippen LogP contribution in [0.25, 0.3) is 22.3 Å². The molecule has 0 unspecified atom stereocenters. The molecular weight excluding hydrogens is 1760 g/mol. The van der Waals surface area contributed by atoms with E-state index >= 15 is 0 Å². The van der Waals surface area contributed by atoms with Crippen molar-refractivity contribution in [3.8, 4) is 34.1 Å². The molecule has 0 aliphatic rings. The van der Waals surface area contributed by atoms with Crippen LogP contribution in [-0.4, -0.2) is 17.7 Å². The van der Waals surface area contributed by atoms with Crippen molar-refractivity contribution in [1.29, 1.82) is 0 Å². The summed E-state index contributed by atoms with van der Waals surface area (Å²) in [6.07, 6.45) is 13.9. The van der Waals surface area contributed by atoms with Crippen LogP contribution >= 0.6 is 55.3 Å². The summed E-state index contributed by atoms with van der Waals surface area (Å²) in [6, 6.07) is 168. The van der Waals surface area contributed by atoms with E-state index in [-0.39, 0.29) is 51.2 Å². The van der Waals surface area contributed by atoms with Crippen molar-refractivity contribution in [2.45, 2.75) is 0 Å². The zero-order valence-corrected chi connectivity index (χ0v) is 73.5. The molecule has 0 aromatic heterocycles. The summed E-state index contributed by atoms with van der Waals surface area (Å²) >= 11 is 0. The van der Waals surface area contributed by atoms with Gasteiger partial charge in [-0.05, 0) is 133 Å². The predicted octanol–water partition coefficient (Wildman–Crippen LogP) is 25.6. The normalized spacial score (nSPS) is 11.1. The Balaban J connectivity index is 0.000000184. The van der Waals surface area contributed by atoms with Gasteiger partial charge in [0.2, 0.25) is 0 Å². The van der Waals surface area contributed by atoms with Crippen LogP contribution in [0.2, 0.25) is 0 Å². The molecule has 0 nitrogen and oxygen atoms in total. The molecule has 606 valence electrons. The van der Waals surface area contributed by atoms with Crippen LogP contribution in [-0.2, 0) is 51.2 Å². The molecule has 0 radical (unpaired) electrons. The topological polar surface area (TPSA) is 0 Å². The first-order chi connectivity index (χ1) is 56.5. The first-order valence-corrected chi connectivity index (χ1v) is 48.7. The van der Waals surface area contributed by atoms with E-state index in [1.165, 1.54) is 104 Å². The summed E-state index contributed by atoms with van der Waals surface area (Å²) < 4.78 is 59.2. The Hall–Kier alpha value is -9.21. The van der Waals surface area contributed by atoms with Gasteiger partial charge in [0.25, 0.3) is 0 Å². The summed E-state index contributed by atoms with van der Waals surface area (Å²) in [5.74, 6) is 8.23. The molecule has 16 aromatic carbocycles. The van der Waals surface area contributed by atoms with Crippen molar-refractivity contribution in [2.75, 3.05) is 17.7 Å². The van der Waals surface area contributed by atoms with Crippen molar-refractivity contribution >= 4 is 119 Å². The zero-order valence-electron chi connectivity index (χ0n) is 64.5. The number of rotatable bonds is 20. The molecule has 0 aliphatic heterocycles. The maximum absolute atomic E-state index is 10.7. The minimum atomic E-state index is -10.7. The summed E-state index contributed by atoms with van der Waals surface area (Å²) in [5, 5.41) is 17.5. The van der Waals surface area contributed by atoms with Gasteiger partial charge in [-0.3, -0.25) is 11.8 Å². The average Bonchev–Trinajstić information content (AvgIpc) is 0.797. The number of hydrogen-bond acceptors (Lipinski definition) is 0. The monoisotopic (exact) mass is 1840 g/mol. The van der Waals surface area contributed by atoms with E-state index in [0.717, 1.165) is 11.1 Å². The van der Waals surface area contributed by atoms with Crippen molar-refractivity contribution in [2.24, 2.45) is 0 Å². The first-order valence-electron chi connectivity index (χ1n) is 37.5. The van der Waals surface area contributed by atoms with Gasteiger partial charge in [-0.2, -0.15) is 0 Å². The van der Waals surface area contributed by atoms with E-state index < -0.39 is 55.3 Å². The summed E-state index contributed by atoms with van der Waals surface area (Å²) in [4.78, 5) is 0. The molecule has 0 N–H and O–H groups in total. The molecule has 0 atom stereocenters. The molecule has 0 bridgehead atoms. The van der Waals surface area contributed by atoms with E-state index in [1.54, 1.807) is 0 Å². The van der Waals surface area contributed by atoms with E-state index in [4.69, 9.17) is 12.8 Å². The number of hydrogen-bond donors (Lipinski definition) is 0. The largest absolute Gasteiger partial charge is 1.00 e. The third-order valence-electron chi connectivity index (χ3n) is 17.9. The van der Waals surface area contributed by atoms with Crippen molar-refractivity contribution < 1.29 is 76.4 Å². The third kappa shape index (κ3) is 32.7. The summed E-state index contributed by atoms with van der Waals surface area (Å²) in [5.41, 5.74) is 6.36. The van der Waals surface area contributed by atoms with E-state index in [1.807, 2.05) is 84.9 Å². The van der Waals surface area contributed by atoms with Gasteiger partial charge >= 0.3 is 84.2 Å². The van der Waals surface area contributed by atoms with Gasteiger partial charge in [-0.1, -0.05) is 449 Å². The minimum absolute atomic E-state index is 0. The number of benzene rings is 16. The van der Waals surface area contributed by atoms with E-state index in [0.29, 0.717) is 0 Å². The van der Waals surface area contributed by atoms with Gasteiger partial charge in [0, 0.05) is 17.7 Å². The average molecular weight is 1840 g/mol. The fraction of sp³-hybridized carbons (Fsp3) is 0.0291. The third-order valence-corrected chi connectivity index (χ3v) is 35.8. The quantitative estimate of drug-likeness (QED) is 0.0235. The fourth-order valence-corrected chi connectivity index (χ4v) is 31.8. The molecule has 0 aliphatic carbocycles. The zero-order chi connectivity index (χ0) is 81.0. The standard InChI is InChI=1S/3C25H22P2.2C14H9.3Cu.F6P/c3*1-5-13-22(14-6-1)26(23-15-7-2-8-16-23)21-27(24-17-9-3-10-18-24)25-19-11-4-12-20-25;2*1-2-12-8-10-14(11-9-12)13-6-4-3-5-7-13;;;;1-7(2,3,4,5)6/h3*1-20H,21H2;2*3-11H;;;;/q;;;2*-1;3*+1;-1.